The summed E-state index contributed by atoms with van der Waals surface area (Å²) in [6, 6.07) is 12.3. The number of fused-ring (bicyclic) bond motifs is 2. The van der Waals surface area contributed by atoms with Gasteiger partial charge in [0.25, 0.3) is 0 Å². The van der Waals surface area contributed by atoms with Crippen LogP contribution in [0.25, 0.3) is 50.4 Å². The minimum absolute atomic E-state index is 0.316. The van der Waals surface area contributed by atoms with Gasteiger partial charge in [0.05, 0.1) is 11.2 Å². The maximum atomic E-state index is 14.6. The first-order chi connectivity index (χ1) is 19.6. The van der Waals surface area contributed by atoms with Gasteiger partial charge in [0.1, 0.15) is 16.9 Å². The van der Waals surface area contributed by atoms with Crippen molar-refractivity contribution >= 4 is 27.8 Å². The van der Waals surface area contributed by atoms with Crippen LogP contribution in [0.2, 0.25) is 0 Å². The molecule has 4 aromatic heterocycles. The van der Waals surface area contributed by atoms with E-state index >= 15 is 0 Å². The number of hydrogen-bond donors (Lipinski definition) is 3. The summed E-state index contributed by atoms with van der Waals surface area (Å²) in [5.74, 6) is 0.682. The van der Waals surface area contributed by atoms with Crippen LogP contribution in [0.15, 0.2) is 91.4 Å². The Kier molecular flexibility index (Phi) is 6.82. The Morgan fingerprint density at radius 1 is 1.05 bits per heavy atom. The molecule has 1 aliphatic rings. The summed E-state index contributed by atoms with van der Waals surface area (Å²) in [7, 11) is 0. The number of allylic oxidation sites excluding steroid dienone is 5. The van der Waals surface area contributed by atoms with Crippen molar-refractivity contribution in [1.29, 1.82) is 0 Å². The number of nitrogens with zero attached hydrogens (tertiary/aromatic N) is 4. The summed E-state index contributed by atoms with van der Waals surface area (Å²) >= 11 is 0. The zero-order valence-corrected chi connectivity index (χ0v) is 22.3. The molecule has 8 heteroatoms. The Labute approximate surface area is 231 Å². The molecule has 200 valence electrons. The van der Waals surface area contributed by atoms with E-state index in [0.717, 1.165) is 28.2 Å². The molecule has 0 radical (unpaired) electrons. The summed E-state index contributed by atoms with van der Waals surface area (Å²) in [6.07, 6.45) is 12.3. The smallest absolute Gasteiger partial charge is 0.162 e. The van der Waals surface area contributed by atoms with Crippen molar-refractivity contribution in [3.8, 4) is 22.6 Å². The second-order valence-corrected chi connectivity index (χ2v) is 9.97. The van der Waals surface area contributed by atoms with Crippen molar-refractivity contribution in [3.63, 3.8) is 0 Å². The highest BCUT2D eigenvalue weighted by Gasteiger charge is 2.20. The van der Waals surface area contributed by atoms with Crippen LogP contribution in [0.1, 0.15) is 38.3 Å². The van der Waals surface area contributed by atoms with E-state index in [-0.39, 0.29) is 5.82 Å². The molecule has 0 amide bonds. The fraction of sp³-hybridized carbons (Fsp3) is 0.188. The van der Waals surface area contributed by atoms with Gasteiger partial charge in [0, 0.05) is 28.7 Å². The minimum Gasteiger partial charge on any atom is -0.359 e. The number of rotatable bonds is 8. The van der Waals surface area contributed by atoms with Crippen molar-refractivity contribution in [1.82, 2.24) is 35.5 Å². The molecule has 0 bridgehead atoms. The van der Waals surface area contributed by atoms with E-state index in [4.69, 9.17) is 9.97 Å². The van der Waals surface area contributed by atoms with E-state index in [1.807, 2.05) is 31.2 Å². The first-order valence-electron chi connectivity index (χ1n) is 13.5. The fourth-order valence-electron chi connectivity index (χ4n) is 5.32. The second-order valence-electron chi connectivity index (χ2n) is 9.97. The van der Waals surface area contributed by atoms with Gasteiger partial charge in [0.15, 0.2) is 17.2 Å². The number of aromatic nitrogens is 6. The van der Waals surface area contributed by atoms with Gasteiger partial charge in [-0.3, -0.25) is 5.10 Å². The molecule has 5 aromatic rings. The molecular formula is C32H30FN7. The molecule has 4 heterocycles. The molecular weight excluding hydrogens is 501 g/mol. The monoisotopic (exact) mass is 531 g/mol. The highest BCUT2D eigenvalue weighted by Crippen LogP contribution is 2.32. The standard InChI is InChI=1S/C32H30FN7/c1-4-20(18-22(5-2)35-19(3)21-10-6-7-11-21)26-14-15-27-29(36-26)30(40-39-27)32-37-28-24(16-17-34-31(28)38-32)23-12-8-9-13-25(23)33/h4-5,8-9,12-18,21,35H,2-3,6-7,10-11H2,1H3,(H,39,40)(H,34,37,38)/b20-4+,22-18+. The van der Waals surface area contributed by atoms with Gasteiger partial charge in [-0.05, 0) is 67.7 Å². The Morgan fingerprint density at radius 2 is 1.88 bits per heavy atom. The highest BCUT2D eigenvalue weighted by atomic mass is 19.1. The predicted molar refractivity (Wildman–Crippen MR) is 158 cm³/mol. The van der Waals surface area contributed by atoms with Crippen LogP contribution in [0.3, 0.4) is 0 Å². The second kappa shape index (κ2) is 10.7. The van der Waals surface area contributed by atoms with E-state index in [0.29, 0.717) is 45.2 Å². The summed E-state index contributed by atoms with van der Waals surface area (Å²) in [5, 5.41) is 11.0. The first-order valence-corrected chi connectivity index (χ1v) is 13.5. The maximum Gasteiger partial charge on any atom is 0.162 e. The van der Waals surface area contributed by atoms with Gasteiger partial charge in [-0.2, -0.15) is 5.10 Å². The van der Waals surface area contributed by atoms with Gasteiger partial charge < -0.3 is 10.3 Å². The van der Waals surface area contributed by atoms with Crippen LogP contribution in [-0.4, -0.2) is 30.1 Å². The first kappa shape index (κ1) is 25.4. The Morgan fingerprint density at radius 3 is 2.65 bits per heavy atom. The number of nitrogens with one attached hydrogen (secondary N) is 3. The number of halogens is 1. The average molecular weight is 532 g/mol. The molecule has 0 aliphatic heterocycles. The van der Waals surface area contributed by atoms with Crippen molar-refractivity contribution in [2.24, 2.45) is 5.92 Å². The Balaban J connectivity index is 1.36. The Bertz CT molecular complexity index is 1800. The number of H-pyrrole nitrogens is 2. The van der Waals surface area contributed by atoms with Crippen LogP contribution in [0.5, 0.6) is 0 Å². The quantitative estimate of drug-likeness (QED) is 0.181. The van der Waals surface area contributed by atoms with Crippen LogP contribution < -0.4 is 5.32 Å². The van der Waals surface area contributed by atoms with Gasteiger partial charge in [-0.1, -0.05) is 50.3 Å². The van der Waals surface area contributed by atoms with Crippen LogP contribution in [0, 0.1) is 11.7 Å². The van der Waals surface area contributed by atoms with Gasteiger partial charge in [0.2, 0.25) is 0 Å². The number of imidazole rings is 1. The lowest BCUT2D eigenvalue weighted by molar-refractivity contribution is 0.607. The molecule has 0 spiro atoms. The molecule has 1 fully saturated rings. The Hall–Kier alpha value is -4.85. The number of pyridine rings is 2. The lowest BCUT2D eigenvalue weighted by Gasteiger charge is -2.16. The van der Waals surface area contributed by atoms with Crippen molar-refractivity contribution in [3.05, 3.63) is 103 Å². The molecule has 1 aliphatic carbocycles. The van der Waals surface area contributed by atoms with E-state index < -0.39 is 0 Å². The lowest BCUT2D eigenvalue weighted by atomic mass is 10.0. The summed E-state index contributed by atoms with van der Waals surface area (Å²) in [5.41, 5.74) is 7.87. The molecule has 7 nitrogen and oxygen atoms in total. The number of aromatic amines is 2. The normalized spacial score (nSPS) is 14.8. The number of hydrogen-bond acceptors (Lipinski definition) is 5. The van der Waals surface area contributed by atoms with Crippen molar-refractivity contribution < 1.29 is 4.39 Å². The van der Waals surface area contributed by atoms with E-state index in [1.54, 1.807) is 36.5 Å². The van der Waals surface area contributed by atoms with Crippen LogP contribution in [-0.2, 0) is 0 Å². The zero-order chi connectivity index (χ0) is 27.6. The lowest BCUT2D eigenvalue weighted by Crippen LogP contribution is -2.16. The van der Waals surface area contributed by atoms with E-state index in [1.165, 1.54) is 31.7 Å². The maximum absolute atomic E-state index is 14.6. The number of benzene rings is 1. The van der Waals surface area contributed by atoms with Gasteiger partial charge >= 0.3 is 0 Å². The van der Waals surface area contributed by atoms with Gasteiger partial charge in [-0.15, -0.1) is 0 Å². The molecule has 40 heavy (non-hydrogen) atoms. The molecule has 6 rings (SSSR count). The van der Waals surface area contributed by atoms with Crippen molar-refractivity contribution in [2.75, 3.05) is 0 Å². The highest BCUT2D eigenvalue weighted by molar-refractivity contribution is 5.95. The van der Waals surface area contributed by atoms with Crippen molar-refractivity contribution in [2.45, 2.75) is 32.6 Å². The third kappa shape index (κ3) is 4.73. The SMILES string of the molecule is C=C/C(=C\C(=C/C)c1ccc2[nH]nc(-c3nc4c(-c5ccccc5F)ccnc4[nH]3)c2n1)NC(=C)C1CCCC1. The predicted octanol–water partition coefficient (Wildman–Crippen LogP) is 7.47. The average Bonchev–Trinajstić information content (AvgIpc) is 3.74. The molecule has 0 unspecified atom stereocenters. The van der Waals surface area contributed by atoms with Crippen LogP contribution >= 0.6 is 0 Å². The molecule has 1 saturated carbocycles. The molecule has 3 N–H and O–H groups in total. The summed E-state index contributed by atoms with van der Waals surface area (Å²) in [6.45, 7) is 10.3. The molecule has 0 atom stereocenters. The zero-order valence-electron chi connectivity index (χ0n) is 22.3. The molecule has 0 saturated heterocycles. The van der Waals surface area contributed by atoms with Gasteiger partial charge in [-0.25, -0.2) is 19.3 Å². The summed E-state index contributed by atoms with van der Waals surface area (Å²) < 4.78 is 14.6. The third-order valence-electron chi connectivity index (χ3n) is 7.47. The largest absolute Gasteiger partial charge is 0.359 e. The van der Waals surface area contributed by atoms with Crippen LogP contribution in [0.4, 0.5) is 4.39 Å². The fourth-order valence-corrected chi connectivity index (χ4v) is 5.32. The third-order valence-corrected chi connectivity index (χ3v) is 7.47. The summed E-state index contributed by atoms with van der Waals surface area (Å²) in [4.78, 5) is 17.4. The topological polar surface area (TPSA) is 95.2 Å². The van der Waals surface area contributed by atoms with E-state index in [2.05, 4.69) is 38.6 Å². The molecule has 1 aromatic carbocycles. The van der Waals surface area contributed by atoms with E-state index in [9.17, 15) is 4.39 Å². The minimum atomic E-state index is -0.316.